The van der Waals surface area contributed by atoms with Crippen molar-refractivity contribution >= 4 is 21.8 Å². The molecule has 1 aromatic heterocycles. The van der Waals surface area contributed by atoms with Gasteiger partial charge in [0, 0.05) is 18.8 Å². The summed E-state index contributed by atoms with van der Waals surface area (Å²) in [5.74, 6) is 0. The maximum Gasteiger partial charge on any atom is 0.411 e. The molecule has 1 fully saturated rings. The first-order valence-corrected chi connectivity index (χ1v) is 8.25. The van der Waals surface area contributed by atoms with Gasteiger partial charge in [-0.3, -0.25) is 5.32 Å². The summed E-state index contributed by atoms with van der Waals surface area (Å²) in [6, 6.07) is 5.87. The highest BCUT2D eigenvalue weighted by atomic mass is 32.2. The Labute approximate surface area is 132 Å². The minimum atomic E-state index is -3.56. The summed E-state index contributed by atoms with van der Waals surface area (Å²) in [6.45, 7) is 0.665. The van der Waals surface area contributed by atoms with Crippen molar-refractivity contribution in [2.24, 2.45) is 0 Å². The highest BCUT2D eigenvalue weighted by Gasteiger charge is 2.38. The molecule has 1 aromatic carbocycles. The zero-order valence-corrected chi connectivity index (χ0v) is 13.1. The number of benzene rings is 1. The molecule has 1 N–H and O–H groups in total. The Morgan fingerprint density at radius 2 is 1.83 bits per heavy atom. The number of nitrogens with one attached hydrogen (secondary N) is 1. The minimum absolute atomic E-state index is 0.0416. The van der Waals surface area contributed by atoms with Crippen LogP contribution >= 0.6 is 0 Å². The number of rotatable bonds is 4. The molecule has 0 unspecified atom stereocenters. The fourth-order valence-corrected chi connectivity index (χ4v) is 3.72. The summed E-state index contributed by atoms with van der Waals surface area (Å²) in [6.07, 6.45) is 2.51. The third-order valence-electron chi connectivity index (χ3n) is 3.52. The highest BCUT2D eigenvalue weighted by Crippen LogP contribution is 2.27. The summed E-state index contributed by atoms with van der Waals surface area (Å²) in [5.41, 5.74) is 0.457. The lowest BCUT2D eigenvalue weighted by atomic mass is 10.2. The van der Waals surface area contributed by atoms with Crippen molar-refractivity contribution in [3.8, 4) is 0 Å². The zero-order chi connectivity index (χ0) is 16.4. The van der Waals surface area contributed by atoms with E-state index in [1.54, 1.807) is 12.4 Å². The number of ether oxygens (including phenoxy) is 1. The predicted octanol–water partition coefficient (Wildman–Crippen LogP) is 0.702. The van der Waals surface area contributed by atoms with Gasteiger partial charge in [-0.25, -0.2) is 13.2 Å². The van der Waals surface area contributed by atoms with E-state index in [2.05, 4.69) is 20.3 Å². The number of hydrogen-bond donors (Lipinski definition) is 1. The molecule has 0 bridgehead atoms. The van der Waals surface area contributed by atoms with Crippen LogP contribution in [0.2, 0.25) is 0 Å². The molecule has 23 heavy (non-hydrogen) atoms. The Bertz CT molecular complexity index is 782. The molecule has 1 amide bonds. The molecule has 9 nitrogen and oxygen atoms in total. The number of methoxy groups -OCH3 is 1. The lowest BCUT2D eigenvalue weighted by Crippen LogP contribution is -2.51. The van der Waals surface area contributed by atoms with Crippen LogP contribution in [0.25, 0.3) is 0 Å². The molecule has 0 spiro atoms. The number of aromatic nitrogens is 3. The second kappa shape index (κ2) is 5.97. The van der Waals surface area contributed by atoms with Crippen LogP contribution in [-0.2, 0) is 14.8 Å². The molecule has 3 rings (SSSR count). The van der Waals surface area contributed by atoms with E-state index in [1.807, 2.05) is 0 Å². The van der Waals surface area contributed by atoms with E-state index in [4.69, 9.17) is 0 Å². The van der Waals surface area contributed by atoms with Crippen molar-refractivity contribution in [3.05, 3.63) is 36.7 Å². The number of carbonyl (C=O) groups is 1. The molecular formula is C13H15N5O4S. The van der Waals surface area contributed by atoms with Crippen molar-refractivity contribution in [2.75, 3.05) is 25.5 Å². The molecule has 2 aromatic rings. The van der Waals surface area contributed by atoms with E-state index in [0.717, 1.165) is 0 Å². The van der Waals surface area contributed by atoms with E-state index >= 15 is 0 Å². The number of amides is 1. The number of sulfonamides is 1. The van der Waals surface area contributed by atoms with Crippen LogP contribution in [0, 0.1) is 0 Å². The SMILES string of the molecule is COC(=O)Nc1ccc(S(=O)(=O)N2CC(n3nccn3)C2)cc1. The normalized spacial score (nSPS) is 15.9. The minimum Gasteiger partial charge on any atom is -0.453 e. The van der Waals surface area contributed by atoms with Gasteiger partial charge in [-0.1, -0.05) is 0 Å². The Morgan fingerprint density at radius 3 is 2.39 bits per heavy atom. The first-order valence-electron chi connectivity index (χ1n) is 6.81. The van der Waals surface area contributed by atoms with Gasteiger partial charge in [0.25, 0.3) is 0 Å². The standard InChI is InChI=1S/C13H15N5O4S/c1-22-13(19)16-10-2-4-12(5-3-10)23(20,21)17-8-11(9-17)18-14-6-7-15-18/h2-7,11H,8-9H2,1H3,(H,16,19). The van der Waals surface area contributed by atoms with Gasteiger partial charge in [0.1, 0.15) is 0 Å². The van der Waals surface area contributed by atoms with Crippen LogP contribution in [0.15, 0.2) is 41.6 Å². The maximum atomic E-state index is 12.5. The number of anilines is 1. The monoisotopic (exact) mass is 337 g/mol. The van der Waals surface area contributed by atoms with Gasteiger partial charge in [-0.2, -0.15) is 19.3 Å². The third kappa shape index (κ3) is 3.03. The molecule has 10 heteroatoms. The summed E-state index contributed by atoms with van der Waals surface area (Å²) < 4.78 is 30.8. The van der Waals surface area contributed by atoms with Gasteiger partial charge >= 0.3 is 6.09 Å². The van der Waals surface area contributed by atoms with Crippen molar-refractivity contribution in [1.82, 2.24) is 19.3 Å². The molecule has 0 aliphatic carbocycles. The fraction of sp³-hybridized carbons (Fsp3) is 0.308. The predicted molar refractivity (Wildman–Crippen MR) is 80.3 cm³/mol. The molecule has 1 aliphatic heterocycles. The van der Waals surface area contributed by atoms with Gasteiger partial charge < -0.3 is 4.74 Å². The van der Waals surface area contributed by atoms with Gasteiger partial charge in [0.05, 0.1) is 30.4 Å². The van der Waals surface area contributed by atoms with Crippen LogP contribution < -0.4 is 5.32 Å². The smallest absolute Gasteiger partial charge is 0.411 e. The van der Waals surface area contributed by atoms with Crippen LogP contribution in [0.4, 0.5) is 10.5 Å². The van der Waals surface area contributed by atoms with E-state index < -0.39 is 16.1 Å². The van der Waals surface area contributed by atoms with Crippen LogP contribution in [0.5, 0.6) is 0 Å². The number of carbonyl (C=O) groups excluding carboxylic acids is 1. The molecule has 122 valence electrons. The summed E-state index contributed by atoms with van der Waals surface area (Å²) in [5, 5.41) is 10.5. The van der Waals surface area contributed by atoms with Gasteiger partial charge in [-0.05, 0) is 24.3 Å². The van der Waals surface area contributed by atoms with Crippen LogP contribution in [-0.4, -0.2) is 54.0 Å². The first-order chi connectivity index (χ1) is 11.0. The van der Waals surface area contributed by atoms with Crippen LogP contribution in [0.1, 0.15) is 6.04 Å². The molecule has 2 heterocycles. The number of nitrogens with zero attached hydrogens (tertiary/aromatic N) is 4. The maximum absolute atomic E-state index is 12.5. The summed E-state index contributed by atoms with van der Waals surface area (Å²) >= 11 is 0. The fourth-order valence-electron chi connectivity index (χ4n) is 2.20. The quantitative estimate of drug-likeness (QED) is 0.880. The van der Waals surface area contributed by atoms with E-state index in [9.17, 15) is 13.2 Å². The average molecular weight is 337 g/mol. The zero-order valence-electron chi connectivity index (χ0n) is 12.3. The largest absolute Gasteiger partial charge is 0.453 e. The molecule has 0 radical (unpaired) electrons. The van der Waals surface area contributed by atoms with E-state index in [1.165, 1.54) is 40.5 Å². The lowest BCUT2D eigenvalue weighted by Gasteiger charge is -2.37. The Hall–Kier alpha value is -2.46. The molecular weight excluding hydrogens is 322 g/mol. The second-order valence-corrected chi connectivity index (χ2v) is 6.90. The second-order valence-electron chi connectivity index (χ2n) is 4.97. The van der Waals surface area contributed by atoms with Crippen LogP contribution in [0.3, 0.4) is 0 Å². The topological polar surface area (TPSA) is 106 Å². The lowest BCUT2D eigenvalue weighted by molar-refractivity contribution is 0.175. The third-order valence-corrected chi connectivity index (χ3v) is 5.36. The highest BCUT2D eigenvalue weighted by molar-refractivity contribution is 7.89. The van der Waals surface area contributed by atoms with Crippen molar-refractivity contribution in [1.29, 1.82) is 0 Å². The Morgan fingerprint density at radius 1 is 1.22 bits per heavy atom. The molecule has 0 saturated carbocycles. The van der Waals surface area contributed by atoms with Gasteiger partial charge in [-0.15, -0.1) is 0 Å². The average Bonchev–Trinajstić information content (AvgIpc) is 3.00. The summed E-state index contributed by atoms with van der Waals surface area (Å²) in [4.78, 5) is 12.8. The molecule has 1 saturated heterocycles. The Kier molecular flexibility index (Phi) is 4.01. The van der Waals surface area contributed by atoms with Crippen molar-refractivity contribution < 1.29 is 17.9 Å². The number of hydrogen-bond acceptors (Lipinski definition) is 6. The van der Waals surface area contributed by atoms with E-state index in [0.29, 0.717) is 18.8 Å². The van der Waals surface area contributed by atoms with Crippen molar-refractivity contribution in [2.45, 2.75) is 10.9 Å². The van der Waals surface area contributed by atoms with Crippen molar-refractivity contribution in [3.63, 3.8) is 0 Å². The summed E-state index contributed by atoms with van der Waals surface area (Å²) in [7, 11) is -2.30. The van der Waals surface area contributed by atoms with Gasteiger partial charge in [0.2, 0.25) is 10.0 Å². The van der Waals surface area contributed by atoms with E-state index in [-0.39, 0.29) is 10.9 Å². The first kappa shape index (κ1) is 15.4. The molecule has 1 aliphatic rings. The Balaban J connectivity index is 1.67. The van der Waals surface area contributed by atoms with Gasteiger partial charge in [0.15, 0.2) is 0 Å². The molecule has 0 atom stereocenters.